The summed E-state index contributed by atoms with van der Waals surface area (Å²) in [4.78, 5) is 14.4. The summed E-state index contributed by atoms with van der Waals surface area (Å²) >= 11 is 1.36. The van der Waals surface area contributed by atoms with Gasteiger partial charge in [0.1, 0.15) is 5.82 Å². The molecular weight excluding hydrogens is 369 g/mol. The molecule has 1 saturated heterocycles. The smallest absolute Gasteiger partial charge is 0.234 e. The van der Waals surface area contributed by atoms with Gasteiger partial charge in [-0.25, -0.2) is 4.39 Å². The Morgan fingerprint density at radius 1 is 1.33 bits per heavy atom. The van der Waals surface area contributed by atoms with E-state index in [-0.39, 0.29) is 17.5 Å². The number of halogens is 1. The highest BCUT2D eigenvalue weighted by molar-refractivity contribution is 7.99. The lowest BCUT2D eigenvalue weighted by atomic mass is 10.2. The third-order valence-corrected chi connectivity index (χ3v) is 5.58. The molecule has 1 aliphatic carbocycles. The van der Waals surface area contributed by atoms with Crippen LogP contribution in [0.15, 0.2) is 23.4 Å². The van der Waals surface area contributed by atoms with Crippen LogP contribution in [0, 0.1) is 12.7 Å². The van der Waals surface area contributed by atoms with E-state index in [4.69, 9.17) is 4.74 Å². The van der Waals surface area contributed by atoms with E-state index in [1.807, 2.05) is 0 Å². The Kier molecular flexibility index (Phi) is 5.31. The topological polar surface area (TPSA) is 72.3 Å². The first kappa shape index (κ1) is 18.2. The molecule has 0 atom stereocenters. The zero-order valence-corrected chi connectivity index (χ0v) is 16.0. The van der Waals surface area contributed by atoms with Crippen molar-refractivity contribution in [2.45, 2.75) is 31.0 Å². The van der Waals surface area contributed by atoms with Gasteiger partial charge in [0.2, 0.25) is 11.9 Å². The quantitative estimate of drug-likeness (QED) is 0.764. The number of amides is 1. The van der Waals surface area contributed by atoms with Gasteiger partial charge in [-0.15, -0.1) is 10.2 Å². The van der Waals surface area contributed by atoms with Crippen molar-refractivity contribution in [3.63, 3.8) is 0 Å². The number of benzene rings is 1. The fourth-order valence-corrected chi connectivity index (χ4v) is 3.80. The van der Waals surface area contributed by atoms with Gasteiger partial charge >= 0.3 is 0 Å². The van der Waals surface area contributed by atoms with Crippen molar-refractivity contribution in [3.8, 4) is 0 Å². The fraction of sp³-hybridized carbons (Fsp3) is 0.500. The molecular formula is C18H22FN5O2S. The van der Waals surface area contributed by atoms with E-state index in [2.05, 4.69) is 25.0 Å². The predicted molar refractivity (Wildman–Crippen MR) is 102 cm³/mol. The van der Waals surface area contributed by atoms with Crippen LogP contribution in [0.3, 0.4) is 0 Å². The second-order valence-electron chi connectivity index (χ2n) is 6.78. The maximum atomic E-state index is 13.6. The summed E-state index contributed by atoms with van der Waals surface area (Å²) < 4.78 is 21.2. The van der Waals surface area contributed by atoms with Gasteiger partial charge in [-0.2, -0.15) is 0 Å². The summed E-state index contributed by atoms with van der Waals surface area (Å²) in [6, 6.07) is 5.09. The molecule has 1 N–H and O–H groups in total. The number of morpholine rings is 1. The number of carbonyl (C=O) groups excluding carboxylic acids is 1. The summed E-state index contributed by atoms with van der Waals surface area (Å²) in [6.07, 6.45) is 2.22. The van der Waals surface area contributed by atoms with Crippen molar-refractivity contribution in [1.29, 1.82) is 0 Å². The van der Waals surface area contributed by atoms with Crippen molar-refractivity contribution in [1.82, 2.24) is 14.8 Å². The van der Waals surface area contributed by atoms with Gasteiger partial charge in [-0.05, 0) is 37.5 Å². The average molecular weight is 391 g/mol. The molecule has 2 aliphatic rings. The van der Waals surface area contributed by atoms with Crippen molar-refractivity contribution in [3.05, 3.63) is 29.6 Å². The third kappa shape index (κ3) is 4.24. The average Bonchev–Trinajstić information content (AvgIpc) is 3.43. The zero-order chi connectivity index (χ0) is 18.8. The minimum absolute atomic E-state index is 0.193. The molecule has 2 heterocycles. The standard InChI is InChI=1S/C18H22FN5O2S/c1-12-2-3-13(10-15(12)19)20-16(25)11-27-18-22-21-17(24(18)14-4-5-14)23-6-8-26-9-7-23/h2-3,10,14H,4-9,11H2,1H3,(H,20,25). The van der Waals surface area contributed by atoms with E-state index < -0.39 is 0 Å². The van der Waals surface area contributed by atoms with E-state index in [0.29, 0.717) is 30.5 Å². The van der Waals surface area contributed by atoms with Gasteiger partial charge in [0, 0.05) is 24.8 Å². The largest absolute Gasteiger partial charge is 0.378 e. The van der Waals surface area contributed by atoms with Crippen LogP contribution in [-0.4, -0.2) is 52.7 Å². The van der Waals surface area contributed by atoms with Gasteiger partial charge in [-0.3, -0.25) is 9.36 Å². The lowest BCUT2D eigenvalue weighted by molar-refractivity contribution is -0.113. The van der Waals surface area contributed by atoms with Gasteiger partial charge in [0.05, 0.1) is 19.0 Å². The molecule has 2 fully saturated rings. The highest BCUT2D eigenvalue weighted by atomic mass is 32.2. The number of rotatable bonds is 6. The van der Waals surface area contributed by atoms with Crippen molar-refractivity contribution in [2.75, 3.05) is 42.3 Å². The predicted octanol–water partition coefficient (Wildman–Crippen LogP) is 2.63. The maximum Gasteiger partial charge on any atom is 0.234 e. The summed E-state index contributed by atoms with van der Waals surface area (Å²) in [5.41, 5.74) is 1.01. The molecule has 0 spiro atoms. The first-order valence-corrected chi connectivity index (χ1v) is 10.1. The first-order chi connectivity index (χ1) is 13.1. The Morgan fingerprint density at radius 2 is 2.11 bits per heavy atom. The molecule has 0 unspecified atom stereocenters. The molecule has 4 rings (SSSR count). The Bertz CT molecular complexity index is 833. The maximum absolute atomic E-state index is 13.6. The number of nitrogens with one attached hydrogen (secondary N) is 1. The molecule has 9 heteroatoms. The van der Waals surface area contributed by atoms with Gasteiger partial charge in [0.15, 0.2) is 5.16 Å². The highest BCUT2D eigenvalue weighted by Crippen LogP contribution is 2.41. The van der Waals surface area contributed by atoms with E-state index in [9.17, 15) is 9.18 Å². The van der Waals surface area contributed by atoms with E-state index >= 15 is 0 Å². The van der Waals surface area contributed by atoms with Crippen LogP contribution in [0.1, 0.15) is 24.4 Å². The molecule has 1 aromatic heterocycles. The normalized spacial score (nSPS) is 17.2. The molecule has 1 aliphatic heterocycles. The number of hydrogen-bond acceptors (Lipinski definition) is 6. The molecule has 7 nitrogen and oxygen atoms in total. The van der Waals surface area contributed by atoms with E-state index in [1.54, 1.807) is 19.1 Å². The van der Waals surface area contributed by atoms with Crippen LogP contribution in [0.4, 0.5) is 16.0 Å². The van der Waals surface area contributed by atoms with E-state index in [1.165, 1.54) is 17.8 Å². The van der Waals surface area contributed by atoms with Crippen LogP contribution in [0.5, 0.6) is 0 Å². The van der Waals surface area contributed by atoms with E-state index in [0.717, 1.165) is 37.0 Å². The van der Waals surface area contributed by atoms with Crippen molar-refractivity contribution >= 4 is 29.3 Å². The summed E-state index contributed by atoms with van der Waals surface area (Å²) in [6.45, 7) is 4.67. The van der Waals surface area contributed by atoms with Gasteiger partial charge < -0.3 is 15.0 Å². The Labute approximate surface area is 161 Å². The summed E-state index contributed by atoms with van der Waals surface area (Å²) in [5, 5.41) is 12.2. The summed E-state index contributed by atoms with van der Waals surface area (Å²) in [7, 11) is 0. The lowest BCUT2D eigenvalue weighted by Gasteiger charge is -2.27. The van der Waals surface area contributed by atoms with Crippen molar-refractivity contribution in [2.24, 2.45) is 0 Å². The minimum atomic E-state index is -0.330. The molecule has 2 aromatic rings. The second-order valence-corrected chi connectivity index (χ2v) is 7.73. The van der Waals surface area contributed by atoms with Crippen LogP contribution in [-0.2, 0) is 9.53 Å². The molecule has 1 amide bonds. The Hall–Kier alpha value is -2.13. The van der Waals surface area contributed by atoms with Gasteiger partial charge in [-0.1, -0.05) is 17.8 Å². The Morgan fingerprint density at radius 3 is 2.81 bits per heavy atom. The number of ether oxygens (including phenoxy) is 1. The SMILES string of the molecule is Cc1ccc(NC(=O)CSc2nnc(N3CCOCC3)n2C2CC2)cc1F. The minimum Gasteiger partial charge on any atom is -0.378 e. The highest BCUT2D eigenvalue weighted by Gasteiger charge is 2.32. The fourth-order valence-electron chi connectivity index (χ4n) is 3.00. The molecule has 0 bridgehead atoms. The molecule has 0 radical (unpaired) electrons. The second kappa shape index (κ2) is 7.85. The van der Waals surface area contributed by atoms with Crippen LogP contribution in [0.25, 0.3) is 0 Å². The number of nitrogens with zero attached hydrogens (tertiary/aromatic N) is 4. The third-order valence-electron chi connectivity index (χ3n) is 4.64. The number of anilines is 2. The summed E-state index contributed by atoms with van der Waals surface area (Å²) in [5.74, 6) is 0.540. The van der Waals surface area contributed by atoms with Crippen LogP contribution >= 0.6 is 11.8 Å². The molecule has 27 heavy (non-hydrogen) atoms. The number of carbonyl (C=O) groups is 1. The molecule has 1 saturated carbocycles. The lowest BCUT2D eigenvalue weighted by Crippen LogP contribution is -2.38. The number of thioether (sulfide) groups is 1. The Balaban J connectivity index is 1.41. The van der Waals surface area contributed by atoms with Gasteiger partial charge in [0.25, 0.3) is 0 Å². The number of aryl methyl sites for hydroxylation is 1. The number of hydrogen-bond donors (Lipinski definition) is 1. The number of aromatic nitrogens is 3. The molecule has 144 valence electrons. The first-order valence-electron chi connectivity index (χ1n) is 9.08. The zero-order valence-electron chi connectivity index (χ0n) is 15.2. The monoisotopic (exact) mass is 391 g/mol. The van der Waals surface area contributed by atoms with Crippen LogP contribution < -0.4 is 10.2 Å². The van der Waals surface area contributed by atoms with Crippen LogP contribution in [0.2, 0.25) is 0 Å². The molecule has 1 aromatic carbocycles. The van der Waals surface area contributed by atoms with Crippen molar-refractivity contribution < 1.29 is 13.9 Å².